The van der Waals surface area contributed by atoms with E-state index in [2.05, 4.69) is 29.8 Å². The van der Waals surface area contributed by atoms with E-state index in [1.165, 1.54) is 4.88 Å². The molecule has 1 aromatic carbocycles. The molecule has 2 aromatic rings. The molecule has 3 N–H and O–H groups in total. The van der Waals surface area contributed by atoms with Crippen LogP contribution in [0.3, 0.4) is 0 Å². The zero-order chi connectivity index (χ0) is 17.3. The summed E-state index contributed by atoms with van der Waals surface area (Å²) in [6.07, 6.45) is 0. The van der Waals surface area contributed by atoms with Gasteiger partial charge in [0.05, 0.1) is 44.6 Å². The molecular weight excluding hydrogens is 320 g/mol. The summed E-state index contributed by atoms with van der Waals surface area (Å²) >= 11 is 1.69. The van der Waals surface area contributed by atoms with E-state index in [-0.39, 0.29) is 4.65 Å². The number of nitrogens with zero attached hydrogens (tertiary/aromatic N) is 2. The summed E-state index contributed by atoms with van der Waals surface area (Å²) in [4.78, 5) is 3.42. The fourth-order valence-corrected chi connectivity index (χ4v) is 3.83. The van der Waals surface area contributed by atoms with Crippen LogP contribution in [0.25, 0.3) is 5.70 Å². The van der Waals surface area contributed by atoms with Gasteiger partial charge in [-0.15, -0.1) is 11.3 Å². The van der Waals surface area contributed by atoms with Gasteiger partial charge in [-0.1, -0.05) is 18.7 Å². The molecule has 128 valence electrons. The predicted octanol–water partition coefficient (Wildman–Crippen LogP) is 3.61. The molecule has 24 heavy (non-hydrogen) atoms. The van der Waals surface area contributed by atoms with Crippen LogP contribution in [0.4, 0.5) is 16.4 Å². The molecular formula is C18H24N4OS. The van der Waals surface area contributed by atoms with Crippen molar-refractivity contribution in [1.29, 1.82) is 0 Å². The topological polar surface area (TPSA) is 64.3 Å². The van der Waals surface area contributed by atoms with E-state index in [0.29, 0.717) is 13.1 Å². The minimum Gasteiger partial charge on any atom is -0.633 e. The van der Waals surface area contributed by atoms with Crippen LogP contribution in [0.2, 0.25) is 0 Å². The molecule has 0 bridgehead atoms. The molecule has 1 aliphatic heterocycles. The molecule has 0 spiro atoms. The number of hydroxylamine groups is 3. The van der Waals surface area contributed by atoms with Gasteiger partial charge in [-0.05, 0) is 25.1 Å². The van der Waals surface area contributed by atoms with Crippen molar-refractivity contribution in [3.05, 3.63) is 52.6 Å². The van der Waals surface area contributed by atoms with Crippen LogP contribution in [0, 0.1) is 12.1 Å². The SMILES string of the molecule is C=C(c1cc(C)sc1Nc1ccccc1N)N1CC[N+](C)([O-])CC1. The number of benzene rings is 1. The van der Waals surface area contributed by atoms with Gasteiger partial charge in [-0.2, -0.15) is 0 Å². The maximum absolute atomic E-state index is 12.0. The van der Waals surface area contributed by atoms with E-state index in [1.807, 2.05) is 24.3 Å². The number of nitrogens with two attached hydrogens (primary N) is 1. The lowest BCUT2D eigenvalue weighted by molar-refractivity contribution is -0.864. The summed E-state index contributed by atoms with van der Waals surface area (Å²) in [5.41, 5.74) is 9.72. The highest BCUT2D eigenvalue weighted by atomic mass is 32.1. The average Bonchev–Trinajstić information content (AvgIpc) is 2.89. The number of piperazine rings is 1. The lowest BCUT2D eigenvalue weighted by Crippen LogP contribution is -2.52. The van der Waals surface area contributed by atoms with E-state index < -0.39 is 0 Å². The normalized spacial score (nSPS) is 16.9. The van der Waals surface area contributed by atoms with Crippen molar-refractivity contribution in [2.75, 3.05) is 44.3 Å². The van der Waals surface area contributed by atoms with Crippen molar-refractivity contribution < 1.29 is 4.65 Å². The van der Waals surface area contributed by atoms with Crippen molar-refractivity contribution in [1.82, 2.24) is 4.90 Å². The van der Waals surface area contributed by atoms with Gasteiger partial charge in [-0.3, -0.25) is 0 Å². The van der Waals surface area contributed by atoms with Gasteiger partial charge in [0, 0.05) is 16.1 Å². The third-order valence-corrected chi connectivity index (χ3v) is 5.41. The van der Waals surface area contributed by atoms with Crippen molar-refractivity contribution >= 4 is 33.4 Å². The molecule has 1 saturated heterocycles. The molecule has 0 unspecified atom stereocenters. The maximum atomic E-state index is 12.0. The third-order valence-electron chi connectivity index (χ3n) is 4.44. The third kappa shape index (κ3) is 3.56. The molecule has 3 rings (SSSR count). The monoisotopic (exact) mass is 344 g/mol. The average molecular weight is 344 g/mol. The second kappa shape index (κ2) is 6.47. The zero-order valence-electron chi connectivity index (χ0n) is 14.2. The number of hydrogen-bond donors (Lipinski definition) is 2. The summed E-state index contributed by atoms with van der Waals surface area (Å²) in [5.74, 6) is 0. The van der Waals surface area contributed by atoms with Crippen LogP contribution in [-0.2, 0) is 0 Å². The number of quaternary nitrogens is 1. The predicted molar refractivity (Wildman–Crippen MR) is 103 cm³/mol. The Morgan fingerprint density at radius 1 is 1.33 bits per heavy atom. The number of aryl methyl sites for hydroxylation is 1. The van der Waals surface area contributed by atoms with Gasteiger partial charge in [0.15, 0.2) is 0 Å². The first-order chi connectivity index (χ1) is 11.4. The lowest BCUT2D eigenvalue weighted by atomic mass is 10.1. The van der Waals surface area contributed by atoms with E-state index in [9.17, 15) is 5.21 Å². The summed E-state index contributed by atoms with van der Waals surface area (Å²) < 4.78 is -0.169. The molecule has 5 nitrogen and oxygen atoms in total. The Morgan fingerprint density at radius 3 is 2.67 bits per heavy atom. The first-order valence-electron chi connectivity index (χ1n) is 8.07. The van der Waals surface area contributed by atoms with Crippen LogP contribution >= 0.6 is 11.3 Å². The highest BCUT2D eigenvalue weighted by Crippen LogP contribution is 2.37. The second-order valence-corrected chi connectivity index (χ2v) is 7.75. The molecule has 0 amide bonds. The molecule has 0 aliphatic carbocycles. The van der Waals surface area contributed by atoms with Crippen molar-refractivity contribution in [3.63, 3.8) is 0 Å². The molecule has 2 heterocycles. The van der Waals surface area contributed by atoms with E-state index in [4.69, 9.17) is 5.73 Å². The Hall–Kier alpha value is -2.02. The minimum absolute atomic E-state index is 0.169. The quantitative estimate of drug-likeness (QED) is 0.505. The molecule has 6 heteroatoms. The highest BCUT2D eigenvalue weighted by molar-refractivity contribution is 7.16. The standard InChI is InChI=1S/C18H24N4OS/c1-13-12-15(14(2)21-8-10-22(3,23)11-9-21)18(24-13)20-17-7-5-4-6-16(17)19/h4-7,12,20H,2,8-11,19H2,1,3H3. The first kappa shape index (κ1) is 16.8. The van der Waals surface area contributed by atoms with Crippen LogP contribution in [0.1, 0.15) is 10.4 Å². The van der Waals surface area contributed by atoms with Crippen LogP contribution in [0.15, 0.2) is 36.9 Å². The molecule has 0 saturated carbocycles. The molecule has 1 aliphatic rings. The second-order valence-electron chi connectivity index (χ2n) is 6.49. The Labute approximate surface area is 147 Å². The number of likely N-dealkylation sites (N-methyl/N-ethyl adjacent to an activating group) is 1. The molecule has 1 fully saturated rings. The van der Waals surface area contributed by atoms with Crippen molar-refractivity contribution in [3.8, 4) is 0 Å². The number of para-hydroxylation sites is 2. The first-order valence-corrected chi connectivity index (χ1v) is 8.89. The van der Waals surface area contributed by atoms with Crippen molar-refractivity contribution in [2.24, 2.45) is 0 Å². The molecule has 1 aromatic heterocycles. The Balaban J connectivity index is 1.81. The summed E-state index contributed by atoms with van der Waals surface area (Å²) in [6.45, 7) is 9.03. The van der Waals surface area contributed by atoms with E-state index >= 15 is 0 Å². The van der Waals surface area contributed by atoms with Gasteiger partial charge in [-0.25, -0.2) is 0 Å². The van der Waals surface area contributed by atoms with Crippen LogP contribution in [0.5, 0.6) is 0 Å². The van der Waals surface area contributed by atoms with Crippen LogP contribution < -0.4 is 11.1 Å². The van der Waals surface area contributed by atoms with Gasteiger partial charge < -0.3 is 25.8 Å². The smallest absolute Gasteiger partial charge is 0.102 e. The number of thiophene rings is 1. The maximum Gasteiger partial charge on any atom is 0.102 e. The van der Waals surface area contributed by atoms with Crippen LogP contribution in [-0.4, -0.2) is 42.8 Å². The summed E-state index contributed by atoms with van der Waals surface area (Å²) in [7, 11) is 1.74. The number of rotatable bonds is 4. The fourth-order valence-electron chi connectivity index (χ4n) is 2.88. The van der Waals surface area contributed by atoms with E-state index in [1.54, 1.807) is 18.4 Å². The van der Waals surface area contributed by atoms with Gasteiger partial charge in [0.25, 0.3) is 0 Å². The Bertz CT molecular complexity index is 743. The molecule has 0 radical (unpaired) electrons. The number of nitrogens with one attached hydrogen (secondary N) is 1. The highest BCUT2D eigenvalue weighted by Gasteiger charge is 2.24. The summed E-state index contributed by atoms with van der Waals surface area (Å²) in [6, 6.07) is 9.89. The number of anilines is 3. The van der Waals surface area contributed by atoms with Crippen molar-refractivity contribution in [2.45, 2.75) is 6.92 Å². The van der Waals surface area contributed by atoms with Gasteiger partial charge in [0.1, 0.15) is 5.00 Å². The van der Waals surface area contributed by atoms with E-state index in [0.717, 1.165) is 40.7 Å². The fraction of sp³-hybridized carbons (Fsp3) is 0.333. The minimum atomic E-state index is -0.169. The molecule has 0 atom stereocenters. The summed E-state index contributed by atoms with van der Waals surface area (Å²) in [5, 5.41) is 16.5. The number of nitrogen functional groups attached to an aromatic ring is 1. The lowest BCUT2D eigenvalue weighted by Gasteiger charge is -2.46. The van der Waals surface area contributed by atoms with Gasteiger partial charge >= 0.3 is 0 Å². The number of hydrogen-bond acceptors (Lipinski definition) is 5. The largest absolute Gasteiger partial charge is 0.633 e. The van der Waals surface area contributed by atoms with Gasteiger partial charge in [0.2, 0.25) is 0 Å². The Morgan fingerprint density at radius 2 is 2.00 bits per heavy atom. The zero-order valence-corrected chi connectivity index (χ0v) is 15.0. The Kier molecular flexibility index (Phi) is 4.54.